The van der Waals surface area contributed by atoms with E-state index < -0.39 is 14.4 Å². The van der Waals surface area contributed by atoms with Crippen molar-refractivity contribution in [3.05, 3.63) is 0 Å². The summed E-state index contributed by atoms with van der Waals surface area (Å²) in [6.07, 6.45) is 2.42. The SMILES string of the molecule is CC(C)(C)[Si](C)(C)O[C@]12CC[C@H](C(=O)C1)[C@@H](O)C2. The molecule has 0 amide bonds. The summed E-state index contributed by atoms with van der Waals surface area (Å²) in [6, 6.07) is 0. The quantitative estimate of drug-likeness (QED) is 0.785. The van der Waals surface area contributed by atoms with Crippen LogP contribution in [0.1, 0.15) is 46.5 Å². The molecule has 0 spiro atoms. The van der Waals surface area contributed by atoms with Crippen molar-refractivity contribution in [1.29, 1.82) is 0 Å². The Kier molecular flexibility index (Phi) is 3.28. The van der Waals surface area contributed by atoms with Crippen LogP contribution in [0.3, 0.4) is 0 Å². The fourth-order valence-corrected chi connectivity index (χ4v) is 4.69. The van der Waals surface area contributed by atoms with Crippen molar-refractivity contribution in [2.24, 2.45) is 5.92 Å². The Bertz CT molecular complexity index is 359. The first kappa shape index (κ1) is 14.2. The van der Waals surface area contributed by atoms with Crippen LogP contribution in [-0.4, -0.2) is 30.9 Å². The molecule has 3 nitrogen and oxygen atoms in total. The molecule has 0 aromatic carbocycles. The molecule has 0 radical (unpaired) electrons. The van der Waals surface area contributed by atoms with Crippen LogP contribution >= 0.6 is 0 Å². The summed E-state index contributed by atoms with van der Waals surface area (Å²) in [6.45, 7) is 11.1. The third kappa shape index (κ3) is 2.30. The molecule has 3 saturated carbocycles. The van der Waals surface area contributed by atoms with E-state index >= 15 is 0 Å². The lowest BCUT2D eigenvalue weighted by Crippen LogP contribution is -2.59. The van der Waals surface area contributed by atoms with E-state index in [1.54, 1.807) is 0 Å². The summed E-state index contributed by atoms with van der Waals surface area (Å²) in [5, 5.41) is 10.2. The summed E-state index contributed by atoms with van der Waals surface area (Å²) < 4.78 is 6.52. The van der Waals surface area contributed by atoms with Gasteiger partial charge in [-0.2, -0.15) is 0 Å². The van der Waals surface area contributed by atoms with Gasteiger partial charge in [-0.05, 0) is 31.0 Å². The Morgan fingerprint density at radius 3 is 2.44 bits per heavy atom. The van der Waals surface area contributed by atoms with Crippen LogP contribution < -0.4 is 0 Å². The molecule has 2 bridgehead atoms. The van der Waals surface area contributed by atoms with Gasteiger partial charge in [-0.3, -0.25) is 4.79 Å². The van der Waals surface area contributed by atoms with Crippen LogP contribution in [0.15, 0.2) is 0 Å². The van der Waals surface area contributed by atoms with Crippen LogP contribution in [0.25, 0.3) is 0 Å². The van der Waals surface area contributed by atoms with Crippen LogP contribution in [0, 0.1) is 5.92 Å². The van der Waals surface area contributed by atoms with Crippen molar-refractivity contribution in [2.45, 2.75) is 76.3 Å². The molecule has 3 rings (SSSR count). The molecule has 3 aliphatic carbocycles. The van der Waals surface area contributed by atoms with Gasteiger partial charge in [0.25, 0.3) is 0 Å². The Labute approximate surface area is 111 Å². The monoisotopic (exact) mass is 270 g/mol. The van der Waals surface area contributed by atoms with E-state index in [4.69, 9.17) is 4.43 Å². The summed E-state index contributed by atoms with van der Waals surface area (Å²) in [4.78, 5) is 12.0. The minimum atomic E-state index is -1.88. The minimum absolute atomic E-state index is 0.116. The Hall–Kier alpha value is -0.193. The predicted molar refractivity (Wildman–Crippen MR) is 74.0 cm³/mol. The number of carbonyl (C=O) groups is 1. The molecule has 0 aliphatic heterocycles. The van der Waals surface area contributed by atoms with Crippen molar-refractivity contribution < 1.29 is 14.3 Å². The van der Waals surface area contributed by atoms with Crippen molar-refractivity contribution in [3.8, 4) is 0 Å². The van der Waals surface area contributed by atoms with Crippen molar-refractivity contribution in [2.75, 3.05) is 0 Å². The van der Waals surface area contributed by atoms with Crippen molar-refractivity contribution in [3.63, 3.8) is 0 Å². The van der Waals surface area contributed by atoms with Crippen molar-refractivity contribution in [1.82, 2.24) is 0 Å². The minimum Gasteiger partial charge on any atom is -0.411 e. The molecule has 0 heterocycles. The lowest BCUT2D eigenvalue weighted by atomic mass is 9.65. The maximum atomic E-state index is 12.0. The highest BCUT2D eigenvalue weighted by molar-refractivity contribution is 6.74. The van der Waals surface area contributed by atoms with E-state index in [-0.39, 0.29) is 22.3 Å². The van der Waals surface area contributed by atoms with E-state index in [0.717, 1.165) is 12.8 Å². The van der Waals surface area contributed by atoms with Gasteiger partial charge >= 0.3 is 0 Å². The van der Waals surface area contributed by atoms with Crippen LogP contribution in [0.2, 0.25) is 18.1 Å². The normalized spacial score (nSPS) is 37.1. The largest absolute Gasteiger partial charge is 0.411 e. The average molecular weight is 270 g/mol. The molecule has 0 saturated heterocycles. The topological polar surface area (TPSA) is 46.5 Å². The van der Waals surface area contributed by atoms with Gasteiger partial charge < -0.3 is 9.53 Å². The molecule has 1 N–H and O–H groups in total. The number of rotatable bonds is 2. The number of ketones is 1. The molecule has 104 valence electrons. The third-order valence-corrected chi connectivity index (χ3v) is 9.70. The summed E-state index contributed by atoms with van der Waals surface area (Å²) >= 11 is 0. The van der Waals surface area contributed by atoms with Crippen molar-refractivity contribution >= 4 is 14.1 Å². The second-order valence-corrected chi connectivity index (χ2v) is 12.3. The molecule has 4 heteroatoms. The molecular formula is C14H26O3Si. The first-order chi connectivity index (χ1) is 8.06. The van der Waals surface area contributed by atoms with E-state index in [1.807, 2.05) is 0 Å². The number of hydrogen-bond donors (Lipinski definition) is 1. The summed E-state index contributed by atoms with van der Waals surface area (Å²) in [5.74, 6) is 0.0913. The summed E-state index contributed by atoms with van der Waals surface area (Å²) in [5.41, 5.74) is -0.367. The molecule has 3 fully saturated rings. The third-order valence-electron chi connectivity index (χ3n) is 5.14. The number of aliphatic hydroxyl groups excluding tert-OH is 1. The maximum Gasteiger partial charge on any atom is 0.192 e. The fourth-order valence-electron chi connectivity index (χ4n) is 3.04. The van der Waals surface area contributed by atoms with Gasteiger partial charge in [-0.15, -0.1) is 0 Å². The summed E-state index contributed by atoms with van der Waals surface area (Å²) in [7, 11) is -1.88. The molecule has 0 unspecified atom stereocenters. The lowest BCUT2D eigenvalue weighted by molar-refractivity contribution is -0.153. The van der Waals surface area contributed by atoms with Crippen LogP contribution in [0.5, 0.6) is 0 Å². The van der Waals surface area contributed by atoms with Gasteiger partial charge in [0.05, 0.1) is 11.7 Å². The highest BCUT2D eigenvalue weighted by Crippen LogP contribution is 2.49. The molecule has 3 atom stereocenters. The maximum absolute atomic E-state index is 12.0. The molecule has 3 aliphatic rings. The van der Waals surface area contributed by atoms with Gasteiger partial charge in [0.15, 0.2) is 8.32 Å². The van der Waals surface area contributed by atoms with Crippen LogP contribution in [0.4, 0.5) is 0 Å². The van der Waals surface area contributed by atoms with E-state index in [0.29, 0.717) is 12.8 Å². The first-order valence-corrected chi connectivity index (χ1v) is 9.88. The number of hydrogen-bond acceptors (Lipinski definition) is 3. The Morgan fingerprint density at radius 1 is 1.39 bits per heavy atom. The zero-order valence-electron chi connectivity index (χ0n) is 12.2. The Balaban J connectivity index is 2.20. The van der Waals surface area contributed by atoms with E-state index in [2.05, 4.69) is 33.9 Å². The second kappa shape index (κ2) is 4.15. The van der Waals surface area contributed by atoms with E-state index in [9.17, 15) is 9.90 Å². The van der Waals surface area contributed by atoms with Gasteiger partial charge in [-0.1, -0.05) is 20.8 Å². The second-order valence-electron chi connectivity index (χ2n) is 7.61. The smallest absolute Gasteiger partial charge is 0.192 e. The van der Waals surface area contributed by atoms with Gasteiger partial charge in [0.2, 0.25) is 0 Å². The predicted octanol–water partition coefficient (Wildman–Crippen LogP) is 2.88. The number of Topliss-reactive ketones (excluding diaryl/α,β-unsaturated/α-hetero) is 1. The van der Waals surface area contributed by atoms with Gasteiger partial charge in [-0.25, -0.2) is 0 Å². The first-order valence-electron chi connectivity index (χ1n) is 6.97. The molecular weight excluding hydrogens is 244 g/mol. The average Bonchev–Trinajstić information content (AvgIpc) is 2.12. The highest BCUT2D eigenvalue weighted by atomic mass is 28.4. The Morgan fingerprint density at radius 2 is 2.00 bits per heavy atom. The molecule has 0 aromatic heterocycles. The molecule has 18 heavy (non-hydrogen) atoms. The van der Waals surface area contributed by atoms with E-state index in [1.165, 1.54) is 0 Å². The standard InChI is InChI=1S/C14H26O3Si/c1-13(2,3)18(4,5)17-14-7-6-10(11(15)8-14)12(16)9-14/h10-11,15H,6-9H2,1-5H3/t10-,11-,14-/m0/s1. The number of fused-ring (bicyclic) bond motifs is 3. The number of aliphatic hydroxyl groups is 1. The fraction of sp³-hybridized carbons (Fsp3) is 0.929. The molecule has 0 aromatic rings. The lowest BCUT2D eigenvalue weighted by Gasteiger charge is -2.53. The highest BCUT2D eigenvalue weighted by Gasteiger charge is 2.54. The van der Waals surface area contributed by atoms with Gasteiger partial charge in [0.1, 0.15) is 5.78 Å². The zero-order chi connectivity index (χ0) is 13.8. The zero-order valence-corrected chi connectivity index (χ0v) is 13.2. The number of carbonyl (C=O) groups excluding carboxylic acids is 1. The van der Waals surface area contributed by atoms with Gasteiger partial charge in [0, 0.05) is 18.8 Å². The van der Waals surface area contributed by atoms with Crippen LogP contribution in [-0.2, 0) is 9.22 Å².